The maximum atomic E-state index is 5.34. The van der Waals surface area contributed by atoms with Crippen LogP contribution in [-0.4, -0.2) is 20.1 Å². The van der Waals surface area contributed by atoms with Crippen molar-refractivity contribution < 1.29 is 4.74 Å². The van der Waals surface area contributed by atoms with Crippen molar-refractivity contribution in [1.29, 1.82) is 0 Å². The van der Waals surface area contributed by atoms with Crippen LogP contribution < -0.4 is 15.4 Å². The Hall–Kier alpha value is -2.01. The van der Waals surface area contributed by atoms with E-state index in [9.17, 15) is 0 Å². The molecule has 0 saturated carbocycles. The summed E-state index contributed by atoms with van der Waals surface area (Å²) < 4.78 is 5.34. The van der Waals surface area contributed by atoms with Crippen molar-refractivity contribution >= 4 is 17.3 Å². The molecule has 4 nitrogen and oxygen atoms in total. The fourth-order valence-electron chi connectivity index (χ4n) is 1.96. The predicted molar refractivity (Wildman–Crippen MR) is 89.1 cm³/mol. The molecule has 1 aromatic carbocycles. The van der Waals surface area contributed by atoms with Crippen molar-refractivity contribution in [3.63, 3.8) is 0 Å². The van der Waals surface area contributed by atoms with Crippen LogP contribution in [0, 0.1) is 6.92 Å². The lowest BCUT2D eigenvalue weighted by Crippen LogP contribution is -2.36. The van der Waals surface area contributed by atoms with Gasteiger partial charge in [0, 0.05) is 20.1 Å². The first-order valence-corrected chi connectivity index (χ1v) is 7.76. The van der Waals surface area contributed by atoms with Crippen molar-refractivity contribution in [1.82, 2.24) is 10.6 Å². The van der Waals surface area contributed by atoms with Gasteiger partial charge in [-0.1, -0.05) is 12.1 Å². The topological polar surface area (TPSA) is 45.7 Å². The summed E-state index contributed by atoms with van der Waals surface area (Å²) in [6.07, 6.45) is 0. The summed E-state index contributed by atoms with van der Waals surface area (Å²) in [5.41, 5.74) is 3.57. The van der Waals surface area contributed by atoms with E-state index < -0.39 is 0 Å². The van der Waals surface area contributed by atoms with Crippen LogP contribution in [0.2, 0.25) is 0 Å². The van der Waals surface area contributed by atoms with Crippen molar-refractivity contribution in [3.05, 3.63) is 51.7 Å². The van der Waals surface area contributed by atoms with Gasteiger partial charge in [-0.05, 0) is 46.5 Å². The second-order valence-electron chi connectivity index (χ2n) is 4.71. The molecule has 0 radical (unpaired) electrons. The Morgan fingerprint density at radius 1 is 1.19 bits per heavy atom. The van der Waals surface area contributed by atoms with E-state index in [-0.39, 0.29) is 0 Å². The predicted octanol–water partition coefficient (Wildman–Crippen LogP) is 2.93. The van der Waals surface area contributed by atoms with Crippen molar-refractivity contribution in [2.45, 2.75) is 20.0 Å². The molecule has 1 heterocycles. The summed E-state index contributed by atoms with van der Waals surface area (Å²) in [5, 5.41) is 10.8. The van der Waals surface area contributed by atoms with Crippen LogP contribution in [0.4, 0.5) is 0 Å². The Labute approximate surface area is 129 Å². The third kappa shape index (κ3) is 4.49. The number of rotatable bonds is 5. The highest BCUT2D eigenvalue weighted by molar-refractivity contribution is 7.07. The molecule has 2 rings (SSSR count). The van der Waals surface area contributed by atoms with E-state index in [1.54, 1.807) is 25.5 Å². The van der Waals surface area contributed by atoms with E-state index in [2.05, 4.69) is 50.7 Å². The summed E-state index contributed by atoms with van der Waals surface area (Å²) in [7, 11) is 3.47. The minimum Gasteiger partial charge on any atom is -0.496 e. The highest BCUT2D eigenvalue weighted by atomic mass is 32.1. The van der Waals surface area contributed by atoms with Gasteiger partial charge in [0.25, 0.3) is 0 Å². The molecule has 1 aromatic heterocycles. The highest BCUT2D eigenvalue weighted by Gasteiger charge is 2.02. The first-order valence-electron chi connectivity index (χ1n) is 6.82. The van der Waals surface area contributed by atoms with E-state index >= 15 is 0 Å². The third-order valence-electron chi connectivity index (χ3n) is 3.20. The number of hydrogen-bond acceptors (Lipinski definition) is 3. The molecule has 0 saturated heterocycles. The zero-order valence-corrected chi connectivity index (χ0v) is 13.5. The first kappa shape index (κ1) is 15.4. The normalized spacial score (nSPS) is 11.3. The lowest BCUT2D eigenvalue weighted by molar-refractivity contribution is 0.411. The Kier molecular flexibility index (Phi) is 5.63. The van der Waals surface area contributed by atoms with Gasteiger partial charge in [0.15, 0.2) is 5.96 Å². The number of nitrogens with one attached hydrogen (secondary N) is 2. The van der Waals surface area contributed by atoms with Crippen LogP contribution in [0.1, 0.15) is 16.7 Å². The fraction of sp³-hybridized carbons (Fsp3) is 0.312. The highest BCUT2D eigenvalue weighted by Crippen LogP contribution is 2.18. The molecular formula is C16H21N3OS. The second kappa shape index (κ2) is 7.69. The average molecular weight is 303 g/mol. The molecule has 0 amide bonds. The lowest BCUT2D eigenvalue weighted by atomic mass is 10.1. The van der Waals surface area contributed by atoms with E-state index in [0.717, 1.165) is 29.4 Å². The number of aliphatic imine (C=N–C) groups is 1. The Bertz CT molecular complexity index is 594. The molecule has 2 aromatic rings. The molecule has 0 atom stereocenters. The van der Waals surface area contributed by atoms with Gasteiger partial charge in [-0.15, -0.1) is 0 Å². The van der Waals surface area contributed by atoms with Crippen LogP contribution in [0.5, 0.6) is 5.75 Å². The van der Waals surface area contributed by atoms with E-state index in [4.69, 9.17) is 4.74 Å². The fourth-order valence-corrected chi connectivity index (χ4v) is 2.63. The number of ether oxygens (including phenoxy) is 1. The molecule has 0 aliphatic rings. The molecule has 0 unspecified atom stereocenters. The number of hydrogen-bond donors (Lipinski definition) is 2. The van der Waals surface area contributed by atoms with Gasteiger partial charge in [0.1, 0.15) is 5.75 Å². The molecule has 2 N–H and O–H groups in total. The summed E-state index contributed by atoms with van der Waals surface area (Å²) in [6, 6.07) is 8.32. The van der Waals surface area contributed by atoms with Gasteiger partial charge < -0.3 is 15.4 Å². The van der Waals surface area contributed by atoms with Gasteiger partial charge in [-0.25, -0.2) is 0 Å². The van der Waals surface area contributed by atoms with E-state index in [0.29, 0.717) is 6.54 Å². The van der Waals surface area contributed by atoms with Crippen LogP contribution >= 0.6 is 11.3 Å². The van der Waals surface area contributed by atoms with Gasteiger partial charge in [0.05, 0.1) is 7.11 Å². The third-order valence-corrected chi connectivity index (χ3v) is 3.93. The Balaban J connectivity index is 1.88. The minimum atomic E-state index is 0.708. The van der Waals surface area contributed by atoms with E-state index in [1.165, 1.54) is 5.56 Å². The molecule has 112 valence electrons. The number of thiophene rings is 1. The van der Waals surface area contributed by atoms with Gasteiger partial charge in [-0.3, -0.25) is 4.99 Å². The van der Waals surface area contributed by atoms with Crippen LogP contribution in [0.25, 0.3) is 0 Å². The largest absolute Gasteiger partial charge is 0.496 e. The average Bonchev–Trinajstić information content (AvgIpc) is 3.02. The molecular weight excluding hydrogens is 282 g/mol. The van der Waals surface area contributed by atoms with Crippen LogP contribution in [0.15, 0.2) is 40.0 Å². The second-order valence-corrected chi connectivity index (χ2v) is 5.49. The monoisotopic (exact) mass is 303 g/mol. The first-order chi connectivity index (χ1) is 10.2. The number of methoxy groups -OCH3 is 1. The van der Waals surface area contributed by atoms with Gasteiger partial charge in [0.2, 0.25) is 0 Å². The van der Waals surface area contributed by atoms with Crippen molar-refractivity contribution in [2.24, 2.45) is 4.99 Å². The van der Waals surface area contributed by atoms with Crippen molar-refractivity contribution in [3.8, 4) is 5.75 Å². The van der Waals surface area contributed by atoms with Gasteiger partial charge >= 0.3 is 0 Å². The van der Waals surface area contributed by atoms with Gasteiger partial charge in [-0.2, -0.15) is 11.3 Å². The standard InChI is InChI=1S/C16H21N3OS/c1-12-4-5-13(8-15(12)20-3)9-18-16(17-2)19-10-14-6-7-21-11-14/h4-8,11H,9-10H2,1-3H3,(H2,17,18,19). The van der Waals surface area contributed by atoms with Crippen molar-refractivity contribution in [2.75, 3.05) is 14.2 Å². The summed E-state index contributed by atoms with van der Waals surface area (Å²) in [6.45, 7) is 3.53. The van der Waals surface area contributed by atoms with Crippen LogP contribution in [0.3, 0.4) is 0 Å². The summed E-state index contributed by atoms with van der Waals surface area (Å²) >= 11 is 1.70. The maximum absolute atomic E-state index is 5.34. The smallest absolute Gasteiger partial charge is 0.191 e. The lowest BCUT2D eigenvalue weighted by Gasteiger charge is -2.12. The number of nitrogens with zero attached hydrogens (tertiary/aromatic N) is 1. The van der Waals surface area contributed by atoms with E-state index in [1.807, 2.05) is 6.92 Å². The Morgan fingerprint density at radius 3 is 2.57 bits per heavy atom. The zero-order chi connectivity index (χ0) is 15.1. The number of benzene rings is 1. The molecule has 5 heteroatoms. The SMILES string of the molecule is CN=C(NCc1ccsc1)NCc1ccc(C)c(OC)c1. The molecule has 21 heavy (non-hydrogen) atoms. The number of aryl methyl sites for hydroxylation is 1. The molecule has 0 aliphatic heterocycles. The van der Waals surface area contributed by atoms with Crippen LogP contribution in [-0.2, 0) is 13.1 Å². The molecule has 0 fully saturated rings. The summed E-state index contributed by atoms with van der Waals surface area (Å²) in [5.74, 6) is 1.70. The molecule has 0 bridgehead atoms. The minimum absolute atomic E-state index is 0.708. The molecule has 0 spiro atoms. The Morgan fingerprint density at radius 2 is 1.95 bits per heavy atom. The number of guanidine groups is 1. The molecule has 0 aliphatic carbocycles. The summed E-state index contributed by atoms with van der Waals surface area (Å²) in [4.78, 5) is 4.23. The quantitative estimate of drug-likeness (QED) is 0.659. The zero-order valence-electron chi connectivity index (χ0n) is 12.6. The maximum Gasteiger partial charge on any atom is 0.191 e.